The number of rotatable bonds is 4. The molecule has 0 saturated heterocycles. The number of benzene rings is 2. The maximum absolute atomic E-state index is 14.2. The average molecular weight is 385 g/mol. The van der Waals surface area contributed by atoms with Gasteiger partial charge in [-0.05, 0) is 59.7 Å². The third-order valence-corrected chi connectivity index (χ3v) is 5.46. The van der Waals surface area contributed by atoms with E-state index in [1.807, 2.05) is 18.2 Å². The second-order valence-corrected chi connectivity index (χ2v) is 7.46. The highest BCUT2D eigenvalue weighted by molar-refractivity contribution is 7.78. The Labute approximate surface area is 152 Å². The standard InChI is InChI=1S/C18H15Cl2FO2S/c19-16-7-6-11(8-17(16)20)14-2-1-3-15(14)12-4-5-13(10-24(22)23)18(21)9-12/h4-9H,1-3,10H2,(H,22,23). The normalized spacial score (nSPS) is 15.8. The SMILES string of the molecule is O=S(O)Cc1ccc(C2=C(c3ccc(Cl)c(Cl)c3)CCC2)cc1F. The molecule has 2 aromatic carbocycles. The summed E-state index contributed by atoms with van der Waals surface area (Å²) in [7, 11) is 0. The van der Waals surface area contributed by atoms with Crippen molar-refractivity contribution in [3.8, 4) is 0 Å². The van der Waals surface area contributed by atoms with Gasteiger partial charge in [0.25, 0.3) is 0 Å². The highest BCUT2D eigenvalue weighted by atomic mass is 35.5. The van der Waals surface area contributed by atoms with Crippen LogP contribution in [0.3, 0.4) is 0 Å². The van der Waals surface area contributed by atoms with E-state index in [-0.39, 0.29) is 11.3 Å². The molecule has 0 aromatic heterocycles. The van der Waals surface area contributed by atoms with Crippen LogP contribution in [0, 0.1) is 5.82 Å². The van der Waals surface area contributed by atoms with Crippen LogP contribution in [0.15, 0.2) is 36.4 Å². The van der Waals surface area contributed by atoms with Gasteiger partial charge in [-0.25, -0.2) is 8.60 Å². The van der Waals surface area contributed by atoms with E-state index in [0.717, 1.165) is 41.5 Å². The van der Waals surface area contributed by atoms with E-state index in [0.29, 0.717) is 10.0 Å². The summed E-state index contributed by atoms with van der Waals surface area (Å²) in [6.45, 7) is 0. The van der Waals surface area contributed by atoms with Crippen molar-refractivity contribution in [1.82, 2.24) is 0 Å². The van der Waals surface area contributed by atoms with Gasteiger partial charge in [0.2, 0.25) is 0 Å². The zero-order valence-electron chi connectivity index (χ0n) is 12.7. The maximum atomic E-state index is 14.2. The molecule has 0 aliphatic heterocycles. The molecule has 0 saturated carbocycles. The van der Waals surface area contributed by atoms with Crippen LogP contribution in [0.4, 0.5) is 4.39 Å². The Balaban J connectivity index is 2.01. The predicted octanol–water partition coefficient (Wildman–Crippen LogP) is 5.95. The van der Waals surface area contributed by atoms with Gasteiger partial charge in [-0.3, -0.25) is 0 Å². The molecule has 1 atom stereocenters. The maximum Gasteiger partial charge on any atom is 0.157 e. The summed E-state index contributed by atoms with van der Waals surface area (Å²) >= 11 is 10.0. The minimum atomic E-state index is -2.06. The van der Waals surface area contributed by atoms with E-state index in [2.05, 4.69) is 0 Å². The van der Waals surface area contributed by atoms with Gasteiger partial charge in [-0.15, -0.1) is 0 Å². The number of allylic oxidation sites excluding steroid dienone is 2. The lowest BCUT2D eigenvalue weighted by atomic mass is 9.96. The van der Waals surface area contributed by atoms with E-state index in [9.17, 15) is 8.60 Å². The molecular formula is C18H15Cl2FO2S. The van der Waals surface area contributed by atoms with Gasteiger partial charge < -0.3 is 4.55 Å². The van der Waals surface area contributed by atoms with Gasteiger partial charge in [0, 0.05) is 5.56 Å². The summed E-state index contributed by atoms with van der Waals surface area (Å²) in [6, 6.07) is 10.4. The van der Waals surface area contributed by atoms with Crippen molar-refractivity contribution in [3.05, 3.63) is 69.0 Å². The third-order valence-electron chi connectivity index (χ3n) is 4.17. The van der Waals surface area contributed by atoms with Crippen molar-refractivity contribution in [3.63, 3.8) is 0 Å². The van der Waals surface area contributed by atoms with Crippen molar-refractivity contribution in [2.45, 2.75) is 25.0 Å². The molecule has 24 heavy (non-hydrogen) atoms. The van der Waals surface area contributed by atoms with Crippen LogP contribution in [0.5, 0.6) is 0 Å². The average Bonchev–Trinajstić information content (AvgIpc) is 3.01. The van der Waals surface area contributed by atoms with E-state index < -0.39 is 16.9 Å². The molecule has 0 amide bonds. The van der Waals surface area contributed by atoms with Gasteiger partial charge in [-0.2, -0.15) is 0 Å². The molecular weight excluding hydrogens is 370 g/mol. The van der Waals surface area contributed by atoms with Crippen LogP contribution in [-0.2, 0) is 16.8 Å². The zero-order valence-corrected chi connectivity index (χ0v) is 15.0. The lowest BCUT2D eigenvalue weighted by molar-refractivity contribution is 0.559. The van der Waals surface area contributed by atoms with Crippen LogP contribution in [0.2, 0.25) is 10.0 Å². The molecule has 6 heteroatoms. The largest absolute Gasteiger partial charge is 0.306 e. The molecule has 1 unspecified atom stereocenters. The first-order valence-electron chi connectivity index (χ1n) is 7.49. The summed E-state index contributed by atoms with van der Waals surface area (Å²) in [4.78, 5) is 0. The molecule has 0 heterocycles. The Morgan fingerprint density at radius 2 is 1.62 bits per heavy atom. The molecule has 126 valence electrons. The molecule has 0 bridgehead atoms. The van der Waals surface area contributed by atoms with E-state index in [1.165, 1.54) is 6.07 Å². The van der Waals surface area contributed by atoms with Gasteiger partial charge in [0.1, 0.15) is 5.82 Å². The molecule has 0 fully saturated rings. The molecule has 1 N–H and O–H groups in total. The summed E-state index contributed by atoms with van der Waals surface area (Å²) in [5, 5.41) is 1.01. The van der Waals surface area contributed by atoms with Crippen molar-refractivity contribution in [1.29, 1.82) is 0 Å². The highest BCUT2D eigenvalue weighted by Gasteiger charge is 2.19. The minimum absolute atomic E-state index is 0.204. The zero-order chi connectivity index (χ0) is 17.3. The van der Waals surface area contributed by atoms with Crippen molar-refractivity contribution in [2.24, 2.45) is 0 Å². The topological polar surface area (TPSA) is 37.3 Å². The Morgan fingerprint density at radius 1 is 1.00 bits per heavy atom. The van der Waals surface area contributed by atoms with Crippen LogP contribution >= 0.6 is 23.2 Å². The Bertz CT molecular complexity index is 849. The first-order chi connectivity index (χ1) is 11.5. The molecule has 0 spiro atoms. The smallest absolute Gasteiger partial charge is 0.157 e. The van der Waals surface area contributed by atoms with Crippen molar-refractivity contribution < 1.29 is 13.2 Å². The van der Waals surface area contributed by atoms with Crippen molar-refractivity contribution >= 4 is 45.4 Å². The Hall–Kier alpha value is -1.20. The summed E-state index contributed by atoms with van der Waals surface area (Å²) in [5.74, 6) is -0.659. The van der Waals surface area contributed by atoms with Gasteiger partial charge in [-0.1, -0.05) is 41.4 Å². The Morgan fingerprint density at radius 3 is 2.21 bits per heavy atom. The first kappa shape index (κ1) is 17.6. The number of hydrogen-bond donors (Lipinski definition) is 1. The first-order valence-corrected chi connectivity index (χ1v) is 9.52. The summed E-state index contributed by atoms with van der Waals surface area (Å²) in [5.41, 5.74) is 4.28. The van der Waals surface area contributed by atoms with Gasteiger partial charge in [0.15, 0.2) is 11.1 Å². The summed E-state index contributed by atoms with van der Waals surface area (Å²) in [6.07, 6.45) is 2.76. The van der Waals surface area contributed by atoms with E-state index in [1.54, 1.807) is 12.1 Å². The molecule has 2 aromatic rings. The van der Waals surface area contributed by atoms with Crippen LogP contribution in [-0.4, -0.2) is 8.76 Å². The molecule has 2 nitrogen and oxygen atoms in total. The predicted molar refractivity (Wildman–Crippen MR) is 98.0 cm³/mol. The lowest BCUT2D eigenvalue weighted by Crippen LogP contribution is -1.98. The third kappa shape index (κ3) is 3.72. The fourth-order valence-electron chi connectivity index (χ4n) is 3.05. The molecule has 0 radical (unpaired) electrons. The van der Waals surface area contributed by atoms with Crippen LogP contribution in [0.25, 0.3) is 11.1 Å². The van der Waals surface area contributed by atoms with Crippen LogP contribution < -0.4 is 0 Å². The van der Waals surface area contributed by atoms with Gasteiger partial charge in [0.05, 0.1) is 15.8 Å². The van der Waals surface area contributed by atoms with E-state index in [4.69, 9.17) is 27.8 Å². The monoisotopic (exact) mass is 384 g/mol. The minimum Gasteiger partial charge on any atom is -0.306 e. The Kier molecular flexibility index (Phi) is 5.40. The molecule has 1 aliphatic rings. The van der Waals surface area contributed by atoms with Gasteiger partial charge >= 0.3 is 0 Å². The second-order valence-electron chi connectivity index (χ2n) is 5.71. The van der Waals surface area contributed by atoms with Crippen LogP contribution in [0.1, 0.15) is 36.0 Å². The second kappa shape index (κ2) is 7.36. The van der Waals surface area contributed by atoms with E-state index >= 15 is 0 Å². The fraction of sp³-hybridized carbons (Fsp3) is 0.222. The quantitative estimate of drug-likeness (QED) is 0.661. The number of halogens is 3. The molecule has 1 aliphatic carbocycles. The molecule has 3 rings (SSSR count). The summed E-state index contributed by atoms with van der Waals surface area (Å²) < 4.78 is 34.0. The number of hydrogen-bond acceptors (Lipinski definition) is 1. The van der Waals surface area contributed by atoms with Crippen molar-refractivity contribution in [2.75, 3.05) is 0 Å². The highest BCUT2D eigenvalue weighted by Crippen LogP contribution is 2.41. The lowest BCUT2D eigenvalue weighted by Gasteiger charge is -2.11. The fourth-order valence-corrected chi connectivity index (χ4v) is 3.85.